The Hall–Kier alpha value is -2.79. The topological polar surface area (TPSA) is 81.0 Å². The molecule has 0 radical (unpaired) electrons. The molecule has 1 amide bonds. The van der Waals surface area contributed by atoms with Gasteiger partial charge in [-0.15, -0.1) is 0 Å². The van der Waals surface area contributed by atoms with E-state index in [1.165, 1.54) is 0 Å². The molecule has 3 N–H and O–H groups in total. The van der Waals surface area contributed by atoms with Crippen LogP contribution < -0.4 is 10.5 Å². The molecule has 3 rings (SSSR count). The number of aromatic amines is 1. The van der Waals surface area contributed by atoms with Gasteiger partial charge in [0, 0.05) is 21.7 Å². The summed E-state index contributed by atoms with van der Waals surface area (Å²) in [5, 5.41) is 7.96. The van der Waals surface area contributed by atoms with Gasteiger partial charge < -0.3 is 10.5 Å². The molecular weight excluding hydrogens is 314 g/mol. The predicted octanol–water partition coefficient (Wildman–Crippen LogP) is 4.16. The summed E-state index contributed by atoms with van der Waals surface area (Å²) < 4.78 is 5.00. The fraction of sp³-hybridized carbons (Fsp3) is 0.0588. The summed E-state index contributed by atoms with van der Waals surface area (Å²) >= 11 is 6.21. The van der Waals surface area contributed by atoms with Gasteiger partial charge in [0.2, 0.25) is 0 Å². The van der Waals surface area contributed by atoms with Crippen LogP contribution in [0.4, 0.5) is 4.79 Å². The van der Waals surface area contributed by atoms with Crippen LogP contribution in [-0.2, 0) is 0 Å². The van der Waals surface area contributed by atoms with Gasteiger partial charge in [-0.25, -0.2) is 4.79 Å². The maximum atomic E-state index is 11.0. The van der Waals surface area contributed by atoms with Crippen LogP contribution >= 0.6 is 11.6 Å². The molecule has 23 heavy (non-hydrogen) atoms. The van der Waals surface area contributed by atoms with Gasteiger partial charge in [0.15, 0.2) is 0 Å². The lowest BCUT2D eigenvalue weighted by Gasteiger charge is -2.08. The fourth-order valence-corrected chi connectivity index (χ4v) is 2.63. The molecule has 2 aromatic carbocycles. The van der Waals surface area contributed by atoms with Crippen LogP contribution in [0.2, 0.25) is 5.02 Å². The number of hydrogen-bond donors (Lipinski definition) is 2. The largest absolute Gasteiger partial charge is 0.410 e. The highest BCUT2D eigenvalue weighted by atomic mass is 35.5. The maximum absolute atomic E-state index is 11.0. The highest BCUT2D eigenvalue weighted by Crippen LogP contribution is 2.32. The molecule has 1 heterocycles. The monoisotopic (exact) mass is 327 g/mol. The van der Waals surface area contributed by atoms with E-state index in [4.69, 9.17) is 22.1 Å². The number of nitrogens with two attached hydrogens (primary N) is 1. The third-order valence-corrected chi connectivity index (χ3v) is 3.84. The molecule has 0 aliphatic rings. The van der Waals surface area contributed by atoms with Gasteiger partial charge in [-0.3, -0.25) is 5.10 Å². The zero-order chi connectivity index (χ0) is 16.4. The van der Waals surface area contributed by atoms with Crippen molar-refractivity contribution in [1.82, 2.24) is 10.2 Å². The number of nitrogens with zero attached hydrogens (tertiary/aromatic N) is 1. The first-order valence-electron chi connectivity index (χ1n) is 6.94. The van der Waals surface area contributed by atoms with Crippen molar-refractivity contribution in [3.8, 4) is 28.3 Å². The first-order chi connectivity index (χ1) is 11.1. The third kappa shape index (κ3) is 3.05. The van der Waals surface area contributed by atoms with Crippen LogP contribution in [-0.4, -0.2) is 16.3 Å². The molecule has 0 unspecified atom stereocenters. The molecule has 3 aromatic rings. The number of amides is 1. The number of aromatic nitrogens is 2. The molecule has 0 bridgehead atoms. The van der Waals surface area contributed by atoms with Crippen molar-refractivity contribution in [3.05, 3.63) is 59.1 Å². The molecule has 0 spiro atoms. The van der Waals surface area contributed by atoms with Crippen molar-refractivity contribution in [2.24, 2.45) is 5.73 Å². The van der Waals surface area contributed by atoms with E-state index in [1.807, 2.05) is 43.3 Å². The van der Waals surface area contributed by atoms with E-state index >= 15 is 0 Å². The summed E-state index contributed by atoms with van der Waals surface area (Å²) in [6.45, 7) is 1.84. The van der Waals surface area contributed by atoms with Crippen LogP contribution in [0.1, 0.15) is 5.56 Å². The number of hydrogen-bond acceptors (Lipinski definition) is 3. The Morgan fingerprint density at radius 3 is 2.65 bits per heavy atom. The number of primary amides is 1. The van der Waals surface area contributed by atoms with Crippen molar-refractivity contribution in [2.75, 3.05) is 0 Å². The molecule has 116 valence electrons. The zero-order valence-corrected chi connectivity index (χ0v) is 13.1. The second-order valence-electron chi connectivity index (χ2n) is 5.00. The molecule has 1 aromatic heterocycles. The number of rotatable bonds is 3. The summed E-state index contributed by atoms with van der Waals surface area (Å²) in [6.07, 6.45) is -0.843. The predicted molar refractivity (Wildman–Crippen MR) is 89.4 cm³/mol. The number of carbonyl (C=O) groups excluding carboxylic acids is 1. The standard InChI is InChI=1S/C17H14ClN3O2/c1-10-11(6-4-8-16(10)23-17(19)22)14-9-15(21-20-14)12-5-2-3-7-13(12)18/h2-9H,1H3,(H2,19,22)(H,20,21). The van der Waals surface area contributed by atoms with Gasteiger partial charge in [0.05, 0.1) is 11.4 Å². The lowest BCUT2D eigenvalue weighted by molar-refractivity contribution is 0.210. The molecular formula is C17H14ClN3O2. The molecule has 0 aliphatic carbocycles. The Morgan fingerprint density at radius 2 is 1.91 bits per heavy atom. The molecule has 5 nitrogen and oxygen atoms in total. The highest BCUT2D eigenvalue weighted by molar-refractivity contribution is 6.33. The quantitative estimate of drug-likeness (QED) is 0.757. The smallest absolute Gasteiger partial charge is 0.409 e. The number of nitrogens with one attached hydrogen (secondary N) is 1. The lowest BCUT2D eigenvalue weighted by atomic mass is 10.0. The molecule has 0 aliphatic heterocycles. The van der Waals surface area contributed by atoms with Crippen molar-refractivity contribution in [1.29, 1.82) is 0 Å². The Labute approximate surface area is 138 Å². The van der Waals surface area contributed by atoms with Gasteiger partial charge in [0.1, 0.15) is 5.75 Å². The Balaban J connectivity index is 2.01. The van der Waals surface area contributed by atoms with Crippen molar-refractivity contribution in [2.45, 2.75) is 6.92 Å². The van der Waals surface area contributed by atoms with E-state index in [9.17, 15) is 4.79 Å². The minimum absolute atomic E-state index is 0.414. The first kappa shape index (κ1) is 15.1. The Morgan fingerprint density at radius 1 is 1.17 bits per heavy atom. The van der Waals surface area contributed by atoms with Gasteiger partial charge in [-0.05, 0) is 25.1 Å². The number of benzene rings is 2. The number of halogens is 1. The number of H-pyrrole nitrogens is 1. The molecule has 6 heteroatoms. The average molecular weight is 328 g/mol. The van der Waals surface area contributed by atoms with E-state index in [0.717, 1.165) is 28.1 Å². The average Bonchev–Trinajstić information content (AvgIpc) is 2.99. The highest BCUT2D eigenvalue weighted by Gasteiger charge is 2.13. The van der Waals surface area contributed by atoms with Gasteiger partial charge in [0.25, 0.3) is 0 Å². The van der Waals surface area contributed by atoms with Crippen molar-refractivity contribution >= 4 is 17.7 Å². The van der Waals surface area contributed by atoms with Gasteiger partial charge >= 0.3 is 6.09 Å². The summed E-state index contributed by atoms with van der Waals surface area (Å²) in [4.78, 5) is 11.0. The van der Waals surface area contributed by atoms with E-state index in [0.29, 0.717) is 10.8 Å². The Bertz CT molecular complexity index is 874. The molecule has 0 fully saturated rings. The van der Waals surface area contributed by atoms with Crippen LogP contribution in [0.15, 0.2) is 48.5 Å². The van der Waals surface area contributed by atoms with Gasteiger partial charge in [-0.2, -0.15) is 5.10 Å². The second kappa shape index (κ2) is 6.14. The zero-order valence-electron chi connectivity index (χ0n) is 12.3. The minimum atomic E-state index is -0.843. The van der Waals surface area contributed by atoms with Crippen LogP contribution in [0.3, 0.4) is 0 Å². The van der Waals surface area contributed by atoms with E-state index < -0.39 is 6.09 Å². The molecule has 0 saturated heterocycles. The fourth-order valence-electron chi connectivity index (χ4n) is 2.39. The molecule has 0 atom stereocenters. The number of carbonyl (C=O) groups is 1. The minimum Gasteiger partial charge on any atom is -0.410 e. The summed E-state index contributed by atoms with van der Waals surface area (Å²) in [5.74, 6) is 0.414. The Kier molecular flexibility index (Phi) is 4.04. The normalized spacial score (nSPS) is 10.5. The van der Waals surface area contributed by atoms with Crippen LogP contribution in [0.25, 0.3) is 22.5 Å². The summed E-state index contributed by atoms with van der Waals surface area (Å²) in [5.41, 5.74) is 9.12. The maximum Gasteiger partial charge on any atom is 0.409 e. The molecule has 0 saturated carbocycles. The van der Waals surface area contributed by atoms with Gasteiger partial charge in [-0.1, -0.05) is 41.9 Å². The van der Waals surface area contributed by atoms with Crippen molar-refractivity contribution < 1.29 is 9.53 Å². The van der Waals surface area contributed by atoms with Crippen LogP contribution in [0.5, 0.6) is 5.75 Å². The lowest BCUT2D eigenvalue weighted by Crippen LogP contribution is -2.16. The van der Waals surface area contributed by atoms with E-state index in [-0.39, 0.29) is 0 Å². The van der Waals surface area contributed by atoms with Crippen molar-refractivity contribution in [3.63, 3.8) is 0 Å². The summed E-state index contributed by atoms with van der Waals surface area (Å²) in [6, 6.07) is 14.8. The second-order valence-corrected chi connectivity index (χ2v) is 5.40. The van der Waals surface area contributed by atoms with Crippen LogP contribution in [0, 0.1) is 6.92 Å². The number of ether oxygens (including phenoxy) is 1. The summed E-state index contributed by atoms with van der Waals surface area (Å²) in [7, 11) is 0. The van der Waals surface area contributed by atoms with E-state index in [1.54, 1.807) is 12.1 Å². The SMILES string of the molecule is Cc1c(OC(N)=O)cccc1-c1cc(-c2ccccc2Cl)[nH]n1. The first-order valence-corrected chi connectivity index (χ1v) is 7.31. The van der Waals surface area contributed by atoms with E-state index in [2.05, 4.69) is 10.2 Å². The third-order valence-electron chi connectivity index (χ3n) is 3.51.